The summed E-state index contributed by atoms with van der Waals surface area (Å²) in [7, 11) is 0. The molecular formula is C54H37NO. The molecule has 0 amide bonds. The molecule has 0 unspecified atom stereocenters. The van der Waals surface area contributed by atoms with Gasteiger partial charge in [0.25, 0.3) is 0 Å². The Morgan fingerprint density at radius 1 is 0.304 bits per heavy atom. The van der Waals surface area contributed by atoms with Crippen molar-refractivity contribution in [1.82, 2.24) is 0 Å². The predicted octanol–water partition coefficient (Wildman–Crippen LogP) is 15.4. The van der Waals surface area contributed by atoms with Gasteiger partial charge in [0.1, 0.15) is 11.3 Å². The molecule has 1 aromatic heterocycles. The second kappa shape index (κ2) is 14.4. The van der Waals surface area contributed by atoms with Crippen molar-refractivity contribution in [3.05, 3.63) is 224 Å². The predicted molar refractivity (Wildman–Crippen MR) is 236 cm³/mol. The topological polar surface area (TPSA) is 16.4 Å². The van der Waals surface area contributed by atoms with Crippen LogP contribution in [0.1, 0.15) is 0 Å². The van der Waals surface area contributed by atoms with Crippen molar-refractivity contribution in [2.24, 2.45) is 0 Å². The highest BCUT2D eigenvalue weighted by atomic mass is 16.3. The van der Waals surface area contributed by atoms with E-state index in [0.29, 0.717) is 0 Å². The lowest BCUT2D eigenvalue weighted by molar-refractivity contribution is 0.632. The van der Waals surface area contributed by atoms with Crippen LogP contribution in [0, 0.1) is 0 Å². The van der Waals surface area contributed by atoms with Crippen molar-refractivity contribution in [2.75, 3.05) is 4.90 Å². The van der Waals surface area contributed by atoms with Gasteiger partial charge in [0.05, 0.1) is 0 Å². The van der Waals surface area contributed by atoms with E-state index in [2.05, 4.69) is 223 Å². The maximum atomic E-state index is 6.69. The molecule has 264 valence electrons. The number of rotatable bonds is 8. The van der Waals surface area contributed by atoms with Gasteiger partial charge in [-0.25, -0.2) is 0 Å². The summed E-state index contributed by atoms with van der Waals surface area (Å²) >= 11 is 0. The minimum atomic E-state index is 0.859. The summed E-state index contributed by atoms with van der Waals surface area (Å²) in [6.45, 7) is 0. The molecule has 1 heterocycles. The Balaban J connectivity index is 1.09. The van der Waals surface area contributed by atoms with Gasteiger partial charge in [-0.15, -0.1) is 0 Å². The fourth-order valence-corrected chi connectivity index (χ4v) is 7.95. The van der Waals surface area contributed by atoms with Gasteiger partial charge in [0.2, 0.25) is 0 Å². The highest BCUT2D eigenvalue weighted by Crippen LogP contribution is 2.44. The molecule has 0 bridgehead atoms. The largest absolute Gasteiger partial charge is 0.455 e. The van der Waals surface area contributed by atoms with Gasteiger partial charge >= 0.3 is 0 Å². The van der Waals surface area contributed by atoms with Crippen LogP contribution in [0.25, 0.3) is 77.6 Å². The van der Waals surface area contributed by atoms with Crippen molar-refractivity contribution >= 4 is 38.8 Å². The summed E-state index contributed by atoms with van der Waals surface area (Å²) in [5, 5.41) is 3.57. The van der Waals surface area contributed by atoms with E-state index in [-0.39, 0.29) is 0 Å². The van der Waals surface area contributed by atoms with E-state index in [1.54, 1.807) is 0 Å². The fourth-order valence-electron chi connectivity index (χ4n) is 7.95. The molecule has 0 atom stereocenters. The molecule has 10 rings (SSSR count). The summed E-state index contributed by atoms with van der Waals surface area (Å²) < 4.78 is 6.69. The second-order valence-corrected chi connectivity index (χ2v) is 14.1. The molecule has 56 heavy (non-hydrogen) atoms. The van der Waals surface area contributed by atoms with Gasteiger partial charge in [-0.1, -0.05) is 182 Å². The van der Waals surface area contributed by atoms with E-state index in [0.717, 1.165) is 50.5 Å². The monoisotopic (exact) mass is 715 g/mol. The first-order valence-corrected chi connectivity index (χ1v) is 19.1. The van der Waals surface area contributed by atoms with Gasteiger partial charge in [0, 0.05) is 33.6 Å². The van der Waals surface area contributed by atoms with Gasteiger partial charge in [-0.3, -0.25) is 0 Å². The summed E-state index contributed by atoms with van der Waals surface area (Å²) in [6, 6.07) is 79.9. The number of hydrogen-bond acceptors (Lipinski definition) is 2. The van der Waals surface area contributed by atoms with E-state index >= 15 is 0 Å². The van der Waals surface area contributed by atoms with Crippen molar-refractivity contribution in [3.63, 3.8) is 0 Å². The molecule has 0 aliphatic rings. The zero-order valence-corrected chi connectivity index (χ0v) is 30.7. The van der Waals surface area contributed by atoms with E-state index in [1.165, 1.54) is 44.2 Å². The van der Waals surface area contributed by atoms with E-state index in [9.17, 15) is 0 Å². The Labute approximate surface area is 327 Å². The van der Waals surface area contributed by atoms with Crippen LogP contribution in [0.5, 0.6) is 0 Å². The van der Waals surface area contributed by atoms with Gasteiger partial charge in [0.15, 0.2) is 0 Å². The lowest BCUT2D eigenvalue weighted by Crippen LogP contribution is -2.10. The molecule has 0 N–H and O–H groups in total. The van der Waals surface area contributed by atoms with E-state index < -0.39 is 0 Å². The Kier molecular flexibility index (Phi) is 8.55. The second-order valence-electron chi connectivity index (χ2n) is 14.1. The van der Waals surface area contributed by atoms with Crippen LogP contribution in [0.15, 0.2) is 229 Å². The minimum Gasteiger partial charge on any atom is -0.455 e. The van der Waals surface area contributed by atoms with E-state index in [1.807, 2.05) is 6.07 Å². The zero-order valence-electron chi connectivity index (χ0n) is 30.7. The first-order valence-electron chi connectivity index (χ1n) is 19.1. The van der Waals surface area contributed by atoms with E-state index in [4.69, 9.17) is 4.42 Å². The van der Waals surface area contributed by atoms with Crippen molar-refractivity contribution in [3.8, 4) is 55.8 Å². The number of nitrogens with zero attached hydrogens (tertiary/aromatic N) is 1. The molecule has 0 saturated heterocycles. The van der Waals surface area contributed by atoms with Crippen molar-refractivity contribution in [1.29, 1.82) is 0 Å². The number of hydrogen-bond donors (Lipinski definition) is 0. The van der Waals surface area contributed by atoms with Crippen LogP contribution in [0.3, 0.4) is 0 Å². The number of benzene rings is 9. The molecule has 0 aliphatic carbocycles. The standard InChI is InChI=1S/C54H37NO/c1-3-14-38(15-4-1)39-28-30-40(31-29-39)41-32-34-46(35-33-41)55(47-22-11-20-44(36-47)50-26-13-19-42-16-7-8-24-49(42)50)48-23-12-21-45(37-48)54-53(43-17-5-2-6-18-43)51-25-9-10-27-52(51)56-54/h1-37H. The summed E-state index contributed by atoms with van der Waals surface area (Å²) in [6.07, 6.45) is 0. The van der Waals surface area contributed by atoms with Crippen LogP contribution in [0.2, 0.25) is 0 Å². The number of anilines is 3. The number of fused-ring (bicyclic) bond motifs is 2. The number of para-hydroxylation sites is 1. The zero-order chi connectivity index (χ0) is 37.3. The Hall–Kier alpha value is -7.42. The molecule has 0 saturated carbocycles. The highest BCUT2D eigenvalue weighted by Gasteiger charge is 2.20. The first-order chi connectivity index (χ1) is 27.8. The van der Waals surface area contributed by atoms with Crippen LogP contribution in [-0.4, -0.2) is 0 Å². The van der Waals surface area contributed by atoms with Crippen molar-refractivity contribution < 1.29 is 4.42 Å². The molecule has 10 aromatic rings. The first kappa shape index (κ1) is 33.2. The lowest BCUT2D eigenvalue weighted by atomic mass is 9.97. The average molecular weight is 716 g/mol. The third-order valence-electron chi connectivity index (χ3n) is 10.7. The quantitative estimate of drug-likeness (QED) is 0.156. The Morgan fingerprint density at radius 3 is 1.48 bits per heavy atom. The van der Waals surface area contributed by atoms with Crippen LogP contribution in [0.4, 0.5) is 17.1 Å². The van der Waals surface area contributed by atoms with Crippen LogP contribution >= 0.6 is 0 Å². The summed E-state index contributed by atoms with van der Waals surface area (Å²) in [4.78, 5) is 2.35. The lowest BCUT2D eigenvalue weighted by Gasteiger charge is -2.27. The SMILES string of the molecule is c1ccc(-c2ccc(-c3ccc(N(c4cccc(-c5oc6ccccc6c5-c5ccccc5)c4)c4cccc(-c5cccc6ccccc56)c4)cc3)cc2)cc1. The third-order valence-corrected chi connectivity index (χ3v) is 10.7. The molecule has 0 aliphatic heterocycles. The van der Waals surface area contributed by atoms with Crippen molar-refractivity contribution in [2.45, 2.75) is 0 Å². The molecule has 2 nitrogen and oxygen atoms in total. The van der Waals surface area contributed by atoms with Gasteiger partial charge in [-0.2, -0.15) is 0 Å². The minimum absolute atomic E-state index is 0.859. The highest BCUT2D eigenvalue weighted by molar-refractivity contribution is 6.02. The fraction of sp³-hybridized carbons (Fsp3) is 0. The molecule has 0 fully saturated rings. The number of furan rings is 1. The summed E-state index contributed by atoms with van der Waals surface area (Å²) in [5.74, 6) is 0.859. The van der Waals surface area contributed by atoms with Crippen LogP contribution < -0.4 is 4.90 Å². The normalized spacial score (nSPS) is 11.2. The molecule has 2 heteroatoms. The average Bonchev–Trinajstić information content (AvgIpc) is 3.67. The van der Waals surface area contributed by atoms with Gasteiger partial charge < -0.3 is 9.32 Å². The smallest absolute Gasteiger partial charge is 0.143 e. The van der Waals surface area contributed by atoms with Crippen LogP contribution in [-0.2, 0) is 0 Å². The molecule has 9 aromatic carbocycles. The van der Waals surface area contributed by atoms with Gasteiger partial charge in [-0.05, 0) is 92.2 Å². The maximum absolute atomic E-state index is 6.69. The maximum Gasteiger partial charge on any atom is 0.143 e. The molecule has 0 spiro atoms. The molecule has 0 radical (unpaired) electrons. The molecular weight excluding hydrogens is 679 g/mol. The Bertz CT molecular complexity index is 2940. The Morgan fingerprint density at radius 2 is 0.786 bits per heavy atom. The summed E-state index contributed by atoms with van der Waals surface area (Å²) in [5.41, 5.74) is 14.5. The third kappa shape index (κ3) is 6.24.